The summed E-state index contributed by atoms with van der Waals surface area (Å²) in [6.07, 6.45) is 0.854. The van der Waals surface area contributed by atoms with E-state index < -0.39 is 6.10 Å². The van der Waals surface area contributed by atoms with Gasteiger partial charge in [-0.2, -0.15) is 4.98 Å². The van der Waals surface area contributed by atoms with Crippen LogP contribution >= 0.6 is 11.6 Å². The zero-order valence-corrected chi connectivity index (χ0v) is 14.2. The van der Waals surface area contributed by atoms with E-state index in [1.54, 1.807) is 36.1 Å². The molecule has 2 heterocycles. The van der Waals surface area contributed by atoms with Crippen molar-refractivity contribution in [2.75, 3.05) is 13.1 Å². The number of halogens is 1. The van der Waals surface area contributed by atoms with Gasteiger partial charge in [0.25, 0.3) is 0 Å². The van der Waals surface area contributed by atoms with Gasteiger partial charge in [0.1, 0.15) is 0 Å². The van der Waals surface area contributed by atoms with E-state index >= 15 is 0 Å². The van der Waals surface area contributed by atoms with Crippen molar-refractivity contribution >= 4 is 17.5 Å². The molecule has 0 radical (unpaired) electrons. The number of hydrogen-bond acceptors (Lipinski definition) is 5. The molecule has 1 aliphatic rings. The first kappa shape index (κ1) is 16.9. The number of aryl methyl sites for hydroxylation is 1. The number of carbonyl (C=O) groups is 1. The van der Waals surface area contributed by atoms with Crippen molar-refractivity contribution in [3.63, 3.8) is 0 Å². The largest absolute Gasteiger partial charge is 0.388 e. The first-order chi connectivity index (χ1) is 11.5. The number of piperidine rings is 1. The van der Waals surface area contributed by atoms with Crippen molar-refractivity contribution in [2.24, 2.45) is 0 Å². The summed E-state index contributed by atoms with van der Waals surface area (Å²) >= 11 is 5.84. The van der Waals surface area contributed by atoms with E-state index in [0.29, 0.717) is 35.4 Å². The van der Waals surface area contributed by atoms with Gasteiger partial charge in [0.15, 0.2) is 5.82 Å². The highest BCUT2D eigenvalue weighted by atomic mass is 35.5. The second-order valence-electron chi connectivity index (χ2n) is 6.11. The molecule has 1 aromatic carbocycles. The van der Waals surface area contributed by atoms with Crippen LogP contribution in [0.2, 0.25) is 5.02 Å². The Kier molecular flexibility index (Phi) is 5.16. The normalized spacial score (nSPS) is 17.0. The van der Waals surface area contributed by atoms with Crippen LogP contribution in [0.25, 0.3) is 0 Å². The summed E-state index contributed by atoms with van der Waals surface area (Å²) in [5.41, 5.74) is 0.698. The van der Waals surface area contributed by atoms with Gasteiger partial charge in [-0.1, -0.05) is 28.9 Å². The molecule has 3 rings (SSSR count). The number of likely N-dealkylation sites (tertiary alicyclic amines) is 1. The fourth-order valence-electron chi connectivity index (χ4n) is 2.95. The lowest BCUT2D eigenvalue weighted by molar-refractivity contribution is -0.134. The summed E-state index contributed by atoms with van der Waals surface area (Å²) in [6.45, 7) is 3.07. The molecule has 1 N–H and O–H groups in total. The molecule has 0 spiro atoms. The molecule has 0 bridgehead atoms. The predicted octanol–water partition coefficient (Wildman–Crippen LogP) is 2.86. The monoisotopic (exact) mass is 349 g/mol. The average molecular weight is 350 g/mol. The van der Waals surface area contributed by atoms with Gasteiger partial charge < -0.3 is 14.5 Å². The van der Waals surface area contributed by atoms with Gasteiger partial charge in [-0.3, -0.25) is 4.79 Å². The Bertz CT molecular complexity index is 693. The van der Waals surface area contributed by atoms with E-state index in [4.69, 9.17) is 16.1 Å². The first-order valence-corrected chi connectivity index (χ1v) is 8.42. The number of carbonyl (C=O) groups excluding carboxylic acids is 1. The van der Waals surface area contributed by atoms with Crippen LogP contribution < -0.4 is 0 Å². The van der Waals surface area contributed by atoms with Crippen LogP contribution in [0.5, 0.6) is 0 Å². The van der Waals surface area contributed by atoms with Crippen molar-refractivity contribution in [1.29, 1.82) is 0 Å². The molecule has 1 atom stereocenters. The van der Waals surface area contributed by atoms with Crippen molar-refractivity contribution in [3.8, 4) is 0 Å². The van der Waals surface area contributed by atoms with Crippen molar-refractivity contribution in [1.82, 2.24) is 15.0 Å². The number of benzene rings is 1. The van der Waals surface area contributed by atoms with Crippen LogP contribution in [-0.4, -0.2) is 39.1 Å². The summed E-state index contributed by atoms with van der Waals surface area (Å²) in [4.78, 5) is 18.4. The van der Waals surface area contributed by atoms with Gasteiger partial charge in [-0.15, -0.1) is 0 Å². The Morgan fingerprint density at radius 3 is 2.62 bits per heavy atom. The van der Waals surface area contributed by atoms with Crippen LogP contribution in [0.4, 0.5) is 0 Å². The smallest absolute Gasteiger partial charge is 0.229 e. The topological polar surface area (TPSA) is 79.5 Å². The second kappa shape index (κ2) is 7.32. The quantitative estimate of drug-likeness (QED) is 0.918. The van der Waals surface area contributed by atoms with Gasteiger partial charge in [0.05, 0.1) is 12.5 Å². The van der Waals surface area contributed by atoms with E-state index in [-0.39, 0.29) is 18.2 Å². The van der Waals surface area contributed by atoms with Crippen molar-refractivity contribution in [2.45, 2.75) is 38.2 Å². The maximum Gasteiger partial charge on any atom is 0.229 e. The number of hydrogen-bond donors (Lipinski definition) is 1. The Hall–Kier alpha value is -1.92. The first-order valence-electron chi connectivity index (χ1n) is 8.04. The summed E-state index contributed by atoms with van der Waals surface area (Å²) in [7, 11) is 0. The predicted molar refractivity (Wildman–Crippen MR) is 88.6 cm³/mol. The van der Waals surface area contributed by atoms with Crippen LogP contribution in [-0.2, 0) is 4.79 Å². The standard InChI is InChI=1S/C17H20ClN3O3/c1-11-19-17(24-20-11)13-6-8-21(9-7-13)16(23)10-15(22)12-2-4-14(18)5-3-12/h2-5,13,15,22H,6-10H2,1H3. The highest BCUT2D eigenvalue weighted by molar-refractivity contribution is 6.30. The van der Waals surface area contributed by atoms with Crippen molar-refractivity contribution < 1.29 is 14.4 Å². The third-order valence-corrected chi connectivity index (χ3v) is 4.61. The summed E-state index contributed by atoms with van der Waals surface area (Å²) < 4.78 is 5.22. The number of nitrogens with zero attached hydrogens (tertiary/aromatic N) is 3. The molecule has 0 aliphatic carbocycles. The second-order valence-corrected chi connectivity index (χ2v) is 6.54. The third-order valence-electron chi connectivity index (χ3n) is 4.36. The van der Waals surface area contributed by atoms with E-state index in [2.05, 4.69) is 10.1 Å². The third kappa shape index (κ3) is 3.94. The Morgan fingerprint density at radius 1 is 1.38 bits per heavy atom. The molecule has 6 nitrogen and oxygen atoms in total. The molecule has 1 saturated heterocycles. The number of aliphatic hydroxyl groups is 1. The maximum absolute atomic E-state index is 12.4. The molecule has 1 aliphatic heterocycles. The number of rotatable bonds is 4. The fourth-order valence-corrected chi connectivity index (χ4v) is 3.08. The van der Waals surface area contributed by atoms with E-state index in [9.17, 15) is 9.90 Å². The minimum Gasteiger partial charge on any atom is -0.388 e. The molecule has 0 saturated carbocycles. The minimum absolute atomic E-state index is 0.0439. The van der Waals surface area contributed by atoms with Crippen molar-refractivity contribution in [3.05, 3.63) is 46.6 Å². The lowest BCUT2D eigenvalue weighted by Gasteiger charge is -2.31. The summed E-state index contributed by atoms with van der Waals surface area (Å²) in [5.74, 6) is 1.45. The van der Waals surface area contributed by atoms with Gasteiger partial charge >= 0.3 is 0 Å². The lowest BCUT2D eigenvalue weighted by Crippen LogP contribution is -2.38. The molecular formula is C17H20ClN3O3. The van der Waals surface area contributed by atoms with E-state index in [0.717, 1.165) is 12.8 Å². The molecule has 1 aromatic heterocycles. The average Bonchev–Trinajstić information content (AvgIpc) is 3.02. The van der Waals surface area contributed by atoms with Crippen LogP contribution in [0.1, 0.15) is 48.6 Å². The number of aliphatic hydroxyl groups excluding tert-OH is 1. The van der Waals surface area contributed by atoms with Crippen LogP contribution in [0.3, 0.4) is 0 Å². The van der Waals surface area contributed by atoms with E-state index in [1.165, 1.54) is 0 Å². The highest BCUT2D eigenvalue weighted by Gasteiger charge is 2.28. The SMILES string of the molecule is Cc1noc(C2CCN(C(=O)CC(O)c3ccc(Cl)cc3)CC2)n1. The molecule has 1 fully saturated rings. The number of amides is 1. The zero-order valence-electron chi connectivity index (χ0n) is 13.5. The number of aromatic nitrogens is 2. The van der Waals surface area contributed by atoms with Gasteiger partial charge in [0.2, 0.25) is 11.8 Å². The van der Waals surface area contributed by atoms with Gasteiger partial charge in [-0.25, -0.2) is 0 Å². The molecule has 1 amide bonds. The Morgan fingerprint density at radius 2 is 2.04 bits per heavy atom. The van der Waals surface area contributed by atoms with Gasteiger partial charge in [-0.05, 0) is 37.5 Å². The minimum atomic E-state index is -0.814. The summed E-state index contributed by atoms with van der Waals surface area (Å²) in [6, 6.07) is 6.90. The molecule has 24 heavy (non-hydrogen) atoms. The van der Waals surface area contributed by atoms with E-state index in [1.807, 2.05) is 0 Å². The molecule has 128 valence electrons. The lowest BCUT2D eigenvalue weighted by atomic mass is 9.96. The fraction of sp³-hybridized carbons (Fsp3) is 0.471. The molecular weight excluding hydrogens is 330 g/mol. The molecule has 7 heteroatoms. The van der Waals surface area contributed by atoms with Crippen LogP contribution in [0, 0.1) is 6.92 Å². The Balaban J connectivity index is 1.52. The maximum atomic E-state index is 12.4. The van der Waals surface area contributed by atoms with Crippen LogP contribution in [0.15, 0.2) is 28.8 Å². The Labute approximate surface area is 145 Å². The highest BCUT2D eigenvalue weighted by Crippen LogP contribution is 2.28. The molecule has 1 unspecified atom stereocenters. The van der Waals surface area contributed by atoms with Gasteiger partial charge in [0, 0.05) is 24.0 Å². The summed E-state index contributed by atoms with van der Waals surface area (Å²) in [5, 5.41) is 14.6. The molecule has 2 aromatic rings. The zero-order chi connectivity index (χ0) is 17.1.